The highest BCUT2D eigenvalue weighted by atomic mass is 79.9. The Hall–Kier alpha value is -0.850. The lowest BCUT2D eigenvalue weighted by atomic mass is 10.2. The molecule has 20 heavy (non-hydrogen) atoms. The Morgan fingerprint density at radius 2 is 1.80 bits per heavy atom. The third-order valence-electron chi connectivity index (χ3n) is 2.68. The minimum Gasteiger partial charge on any atom is -0.224 e. The maximum absolute atomic E-state index is 13.4. The molecule has 2 aromatic rings. The minimum atomic E-state index is -3.17. The number of hydrogen-bond donors (Lipinski definition) is 0. The minimum absolute atomic E-state index is 0.282. The lowest BCUT2D eigenvalue weighted by Crippen LogP contribution is -1.96. The van der Waals surface area contributed by atoms with Gasteiger partial charge in [0, 0.05) is 16.9 Å². The van der Waals surface area contributed by atoms with Gasteiger partial charge in [-0.1, -0.05) is 12.1 Å². The molecule has 0 fully saturated rings. The lowest BCUT2D eigenvalue weighted by Gasteiger charge is -2.06. The van der Waals surface area contributed by atoms with Crippen LogP contribution in [0.1, 0.15) is 5.56 Å². The van der Waals surface area contributed by atoms with E-state index in [1.165, 1.54) is 24.1 Å². The monoisotopic (exact) mass is 374 g/mol. The Morgan fingerprint density at radius 1 is 1.15 bits per heavy atom. The van der Waals surface area contributed by atoms with Crippen LogP contribution >= 0.6 is 27.7 Å². The number of thioether (sulfide) groups is 1. The SMILES string of the molecule is CS(=O)(=O)c1ccc(SCc2cccc(F)c2Br)cc1. The van der Waals surface area contributed by atoms with Crippen molar-refractivity contribution in [2.75, 3.05) is 6.26 Å². The molecular formula is C14H12BrFO2S2. The zero-order chi connectivity index (χ0) is 14.8. The fourth-order valence-corrected chi connectivity index (χ4v) is 3.72. The maximum atomic E-state index is 13.4. The Bertz CT molecular complexity index is 712. The molecule has 0 aromatic heterocycles. The van der Waals surface area contributed by atoms with Gasteiger partial charge in [-0.15, -0.1) is 11.8 Å². The van der Waals surface area contributed by atoms with E-state index >= 15 is 0 Å². The van der Waals surface area contributed by atoms with Crippen LogP contribution in [-0.4, -0.2) is 14.7 Å². The summed E-state index contributed by atoms with van der Waals surface area (Å²) in [6.07, 6.45) is 1.18. The Morgan fingerprint density at radius 3 is 2.40 bits per heavy atom. The number of rotatable bonds is 4. The molecule has 0 spiro atoms. The molecule has 2 aromatic carbocycles. The first-order valence-corrected chi connectivity index (χ1v) is 9.41. The van der Waals surface area contributed by atoms with Gasteiger partial charge in [0.1, 0.15) is 5.82 Å². The van der Waals surface area contributed by atoms with E-state index in [1.54, 1.807) is 30.3 Å². The van der Waals surface area contributed by atoms with Crippen molar-refractivity contribution in [2.45, 2.75) is 15.5 Å². The van der Waals surface area contributed by atoms with Gasteiger partial charge < -0.3 is 0 Å². The van der Waals surface area contributed by atoms with Crippen LogP contribution in [0.2, 0.25) is 0 Å². The zero-order valence-corrected chi connectivity index (χ0v) is 13.9. The summed E-state index contributed by atoms with van der Waals surface area (Å²) < 4.78 is 36.5. The first-order valence-electron chi connectivity index (χ1n) is 5.74. The van der Waals surface area contributed by atoms with Crippen molar-refractivity contribution in [3.05, 3.63) is 58.3 Å². The van der Waals surface area contributed by atoms with Crippen molar-refractivity contribution >= 4 is 37.5 Å². The molecule has 0 saturated heterocycles. The van der Waals surface area contributed by atoms with Gasteiger partial charge >= 0.3 is 0 Å². The standard InChI is InChI=1S/C14H12BrFO2S2/c1-20(17,18)12-7-5-11(6-8-12)19-9-10-3-2-4-13(16)14(10)15/h2-8H,9H2,1H3. The molecule has 2 nitrogen and oxygen atoms in total. The topological polar surface area (TPSA) is 34.1 Å². The van der Waals surface area contributed by atoms with Crippen molar-refractivity contribution in [3.63, 3.8) is 0 Å². The van der Waals surface area contributed by atoms with Crippen LogP contribution < -0.4 is 0 Å². The molecule has 0 unspecified atom stereocenters. The van der Waals surface area contributed by atoms with E-state index in [2.05, 4.69) is 15.9 Å². The highest BCUT2D eigenvalue weighted by Gasteiger charge is 2.08. The normalized spacial score (nSPS) is 11.6. The molecule has 106 valence electrons. The number of hydrogen-bond acceptors (Lipinski definition) is 3. The van der Waals surface area contributed by atoms with Crippen LogP contribution in [0.3, 0.4) is 0 Å². The number of halogens is 2. The van der Waals surface area contributed by atoms with Crippen LogP contribution in [0.15, 0.2) is 56.7 Å². The Kier molecular flexibility index (Phi) is 4.88. The van der Waals surface area contributed by atoms with Gasteiger partial charge in [-0.3, -0.25) is 0 Å². The van der Waals surface area contributed by atoms with E-state index < -0.39 is 9.84 Å². The van der Waals surface area contributed by atoms with Crippen molar-refractivity contribution in [1.29, 1.82) is 0 Å². The molecule has 0 aliphatic carbocycles. The zero-order valence-electron chi connectivity index (χ0n) is 10.6. The molecule has 0 N–H and O–H groups in total. The fraction of sp³-hybridized carbons (Fsp3) is 0.143. The summed E-state index contributed by atoms with van der Waals surface area (Å²) in [6, 6.07) is 11.6. The summed E-state index contributed by atoms with van der Waals surface area (Å²) in [5, 5.41) is 0. The van der Waals surface area contributed by atoms with Crippen molar-refractivity contribution < 1.29 is 12.8 Å². The van der Waals surface area contributed by atoms with Gasteiger partial charge in [0.25, 0.3) is 0 Å². The Labute approximate surface area is 130 Å². The molecule has 0 aliphatic rings. The summed E-state index contributed by atoms with van der Waals surface area (Å²) in [4.78, 5) is 1.24. The molecule has 0 bridgehead atoms. The molecule has 0 heterocycles. The quantitative estimate of drug-likeness (QED) is 0.748. The van der Waals surface area contributed by atoms with E-state index in [9.17, 15) is 12.8 Å². The van der Waals surface area contributed by atoms with Crippen molar-refractivity contribution in [2.24, 2.45) is 0 Å². The highest BCUT2D eigenvalue weighted by molar-refractivity contribution is 9.10. The predicted octanol–water partition coefficient (Wildman–Crippen LogP) is 4.28. The molecular weight excluding hydrogens is 363 g/mol. The van der Waals surface area contributed by atoms with Gasteiger partial charge in [0.05, 0.1) is 9.37 Å². The van der Waals surface area contributed by atoms with E-state index in [4.69, 9.17) is 0 Å². The third kappa shape index (κ3) is 3.84. The second kappa shape index (κ2) is 6.28. The van der Waals surface area contributed by atoms with E-state index in [-0.39, 0.29) is 5.82 Å². The largest absolute Gasteiger partial charge is 0.224 e. The lowest BCUT2D eigenvalue weighted by molar-refractivity contribution is 0.602. The van der Waals surface area contributed by atoms with Crippen LogP contribution in [0, 0.1) is 5.82 Å². The maximum Gasteiger partial charge on any atom is 0.175 e. The van der Waals surface area contributed by atoms with Crippen LogP contribution in [0.25, 0.3) is 0 Å². The summed E-state index contributed by atoms with van der Waals surface area (Å²) in [5.74, 6) is 0.326. The summed E-state index contributed by atoms with van der Waals surface area (Å²) in [6.45, 7) is 0. The number of benzene rings is 2. The second-order valence-corrected chi connectivity index (χ2v) is 8.10. The predicted molar refractivity (Wildman–Crippen MR) is 83.2 cm³/mol. The van der Waals surface area contributed by atoms with Gasteiger partial charge in [0.15, 0.2) is 9.84 Å². The average Bonchev–Trinajstić information content (AvgIpc) is 2.40. The van der Waals surface area contributed by atoms with E-state index in [0.717, 1.165) is 10.5 Å². The highest BCUT2D eigenvalue weighted by Crippen LogP contribution is 2.29. The van der Waals surface area contributed by atoms with Crippen LogP contribution in [0.5, 0.6) is 0 Å². The number of sulfone groups is 1. The van der Waals surface area contributed by atoms with E-state index in [1.807, 2.05) is 6.07 Å². The van der Waals surface area contributed by atoms with E-state index in [0.29, 0.717) is 15.1 Å². The smallest absolute Gasteiger partial charge is 0.175 e. The molecule has 0 atom stereocenters. The first kappa shape index (κ1) is 15.5. The molecule has 0 radical (unpaired) electrons. The van der Waals surface area contributed by atoms with Gasteiger partial charge in [-0.05, 0) is 51.8 Å². The average molecular weight is 375 g/mol. The van der Waals surface area contributed by atoms with Gasteiger partial charge in [0.2, 0.25) is 0 Å². The molecule has 2 rings (SSSR count). The second-order valence-electron chi connectivity index (χ2n) is 4.25. The van der Waals surface area contributed by atoms with Crippen molar-refractivity contribution in [3.8, 4) is 0 Å². The molecule has 0 saturated carbocycles. The van der Waals surface area contributed by atoms with Crippen LogP contribution in [-0.2, 0) is 15.6 Å². The van der Waals surface area contributed by atoms with Gasteiger partial charge in [-0.25, -0.2) is 12.8 Å². The summed E-state index contributed by atoms with van der Waals surface area (Å²) in [7, 11) is -3.17. The summed E-state index contributed by atoms with van der Waals surface area (Å²) >= 11 is 4.75. The molecule has 0 amide bonds. The summed E-state index contributed by atoms with van der Waals surface area (Å²) in [5.41, 5.74) is 0.863. The third-order valence-corrected chi connectivity index (χ3v) is 5.76. The van der Waals surface area contributed by atoms with Crippen molar-refractivity contribution in [1.82, 2.24) is 0 Å². The fourth-order valence-electron chi connectivity index (χ4n) is 1.60. The van der Waals surface area contributed by atoms with Gasteiger partial charge in [-0.2, -0.15) is 0 Å². The Balaban J connectivity index is 2.10. The molecule has 6 heteroatoms. The molecule has 0 aliphatic heterocycles. The first-order chi connectivity index (χ1) is 9.38. The van der Waals surface area contributed by atoms with Crippen LogP contribution in [0.4, 0.5) is 4.39 Å².